The minimum atomic E-state index is -3.65. The molecule has 1 aromatic carbocycles. The Hall–Kier alpha value is -2.63. The maximum Gasteiger partial charge on any atom is 0.251 e. The van der Waals surface area contributed by atoms with Crippen LogP contribution in [-0.4, -0.2) is 37.2 Å². The van der Waals surface area contributed by atoms with Crippen molar-refractivity contribution in [1.82, 2.24) is 19.8 Å². The van der Waals surface area contributed by atoms with Gasteiger partial charge in [0.15, 0.2) is 0 Å². The largest absolute Gasteiger partial charge is 0.352 e. The summed E-state index contributed by atoms with van der Waals surface area (Å²) in [4.78, 5) is 12.1. The van der Waals surface area contributed by atoms with Gasteiger partial charge in [-0.05, 0) is 42.7 Å². The average Bonchev–Trinajstić information content (AvgIpc) is 3.02. The second-order valence-electron chi connectivity index (χ2n) is 5.43. The van der Waals surface area contributed by atoms with Gasteiger partial charge in [-0.1, -0.05) is 5.92 Å². The monoisotopic (exact) mass is 360 g/mol. The molecule has 0 saturated heterocycles. The van der Waals surface area contributed by atoms with Crippen molar-refractivity contribution in [2.24, 2.45) is 7.05 Å². The van der Waals surface area contributed by atoms with Gasteiger partial charge in [-0.3, -0.25) is 9.48 Å². The molecule has 0 unspecified atom stereocenters. The number of hydrogen-bond donors (Lipinski definition) is 2. The van der Waals surface area contributed by atoms with E-state index in [1.165, 1.54) is 24.3 Å². The van der Waals surface area contributed by atoms with Gasteiger partial charge in [-0.25, -0.2) is 8.42 Å². The van der Waals surface area contributed by atoms with Gasteiger partial charge < -0.3 is 5.32 Å². The van der Waals surface area contributed by atoms with Gasteiger partial charge in [0.25, 0.3) is 5.91 Å². The highest BCUT2D eigenvalue weighted by Gasteiger charge is 2.13. The normalized spacial score (nSPS) is 11.0. The van der Waals surface area contributed by atoms with E-state index in [-0.39, 0.29) is 17.3 Å². The number of benzene rings is 1. The highest BCUT2D eigenvalue weighted by Crippen LogP contribution is 2.10. The number of carbonyl (C=O) groups is 1. The van der Waals surface area contributed by atoms with Crippen LogP contribution in [0.25, 0.3) is 0 Å². The van der Waals surface area contributed by atoms with Crippen molar-refractivity contribution < 1.29 is 13.2 Å². The number of rotatable bonds is 8. The SMILES string of the molecule is C#CCNS(=O)(=O)c1ccc(C(=O)NCCCc2cnn(C)c2)cc1. The summed E-state index contributed by atoms with van der Waals surface area (Å²) in [5.74, 6) is 1.96. The van der Waals surface area contributed by atoms with Gasteiger partial charge in [0, 0.05) is 25.4 Å². The molecule has 0 fully saturated rings. The first-order valence-electron chi connectivity index (χ1n) is 7.71. The second kappa shape index (κ2) is 8.46. The Bertz CT molecular complexity index is 864. The topological polar surface area (TPSA) is 93.1 Å². The molecule has 2 rings (SSSR count). The van der Waals surface area contributed by atoms with Crippen LogP contribution < -0.4 is 10.0 Å². The third-order valence-electron chi connectivity index (χ3n) is 3.48. The van der Waals surface area contributed by atoms with Crippen molar-refractivity contribution in [2.75, 3.05) is 13.1 Å². The van der Waals surface area contributed by atoms with Gasteiger partial charge in [-0.2, -0.15) is 9.82 Å². The van der Waals surface area contributed by atoms with Crippen LogP contribution in [0, 0.1) is 12.3 Å². The Morgan fingerprint density at radius 2 is 2.04 bits per heavy atom. The Morgan fingerprint density at radius 3 is 2.64 bits per heavy atom. The number of amides is 1. The van der Waals surface area contributed by atoms with Crippen molar-refractivity contribution in [1.29, 1.82) is 0 Å². The lowest BCUT2D eigenvalue weighted by molar-refractivity contribution is 0.0953. The summed E-state index contributed by atoms with van der Waals surface area (Å²) >= 11 is 0. The van der Waals surface area contributed by atoms with E-state index < -0.39 is 10.0 Å². The van der Waals surface area contributed by atoms with Gasteiger partial charge in [0.2, 0.25) is 10.0 Å². The molecular weight excluding hydrogens is 340 g/mol. The summed E-state index contributed by atoms with van der Waals surface area (Å²) in [6.07, 6.45) is 10.4. The van der Waals surface area contributed by atoms with E-state index in [1.54, 1.807) is 10.9 Å². The number of sulfonamides is 1. The number of nitrogens with one attached hydrogen (secondary N) is 2. The predicted octanol–water partition coefficient (Wildman–Crippen LogP) is 0.694. The molecule has 0 aliphatic carbocycles. The Balaban J connectivity index is 1.84. The van der Waals surface area contributed by atoms with E-state index in [9.17, 15) is 13.2 Å². The zero-order valence-electron chi connectivity index (χ0n) is 13.9. The second-order valence-corrected chi connectivity index (χ2v) is 7.20. The quantitative estimate of drug-likeness (QED) is 0.535. The molecule has 0 spiro atoms. The van der Waals surface area contributed by atoms with Crippen molar-refractivity contribution in [3.63, 3.8) is 0 Å². The van der Waals surface area contributed by atoms with Gasteiger partial charge in [-0.15, -0.1) is 6.42 Å². The molecule has 132 valence electrons. The number of aryl methyl sites for hydroxylation is 2. The smallest absolute Gasteiger partial charge is 0.251 e. The minimum Gasteiger partial charge on any atom is -0.352 e. The molecule has 2 N–H and O–H groups in total. The predicted molar refractivity (Wildman–Crippen MR) is 94.3 cm³/mol. The van der Waals surface area contributed by atoms with Crippen molar-refractivity contribution in [3.8, 4) is 12.3 Å². The molecule has 1 heterocycles. The summed E-state index contributed by atoms with van der Waals surface area (Å²) in [5.41, 5.74) is 1.52. The average molecular weight is 360 g/mol. The van der Waals surface area contributed by atoms with Gasteiger partial charge in [0.1, 0.15) is 0 Å². The third-order valence-corrected chi connectivity index (χ3v) is 4.89. The lowest BCUT2D eigenvalue weighted by atomic mass is 10.2. The fourth-order valence-electron chi connectivity index (χ4n) is 2.20. The van der Waals surface area contributed by atoms with Crippen LogP contribution in [0.1, 0.15) is 22.3 Å². The van der Waals surface area contributed by atoms with E-state index in [0.29, 0.717) is 12.1 Å². The van der Waals surface area contributed by atoms with Crippen LogP contribution >= 0.6 is 0 Å². The zero-order valence-corrected chi connectivity index (χ0v) is 14.7. The van der Waals surface area contributed by atoms with Crippen molar-refractivity contribution in [2.45, 2.75) is 17.7 Å². The minimum absolute atomic E-state index is 0.0656. The first-order chi connectivity index (χ1) is 11.9. The summed E-state index contributed by atoms with van der Waals surface area (Å²) in [7, 11) is -1.79. The molecule has 2 aromatic rings. The van der Waals surface area contributed by atoms with E-state index >= 15 is 0 Å². The van der Waals surface area contributed by atoms with Crippen LogP contribution in [0.15, 0.2) is 41.6 Å². The molecule has 0 atom stereocenters. The molecular formula is C17H20N4O3S. The van der Waals surface area contributed by atoms with Gasteiger partial charge >= 0.3 is 0 Å². The number of aromatic nitrogens is 2. The van der Waals surface area contributed by atoms with Crippen molar-refractivity contribution >= 4 is 15.9 Å². The number of hydrogen-bond acceptors (Lipinski definition) is 4. The molecule has 8 heteroatoms. The molecule has 0 aliphatic rings. The Labute approximate surface area is 147 Å². The van der Waals surface area contributed by atoms with E-state index in [4.69, 9.17) is 6.42 Å². The van der Waals surface area contributed by atoms with Crippen LogP contribution in [0.4, 0.5) is 0 Å². The maximum absolute atomic E-state index is 12.1. The Morgan fingerprint density at radius 1 is 1.32 bits per heavy atom. The van der Waals surface area contributed by atoms with Crippen LogP contribution in [0.3, 0.4) is 0 Å². The first-order valence-corrected chi connectivity index (χ1v) is 9.19. The molecule has 1 amide bonds. The first kappa shape index (κ1) is 18.7. The summed E-state index contributed by atoms with van der Waals surface area (Å²) in [6, 6.07) is 5.70. The fourth-order valence-corrected chi connectivity index (χ4v) is 3.14. The van der Waals surface area contributed by atoms with E-state index in [1.807, 2.05) is 13.2 Å². The van der Waals surface area contributed by atoms with Crippen LogP contribution in [0.2, 0.25) is 0 Å². The molecule has 0 saturated carbocycles. The summed E-state index contributed by atoms with van der Waals surface area (Å²) in [6.45, 7) is 0.443. The van der Waals surface area contributed by atoms with E-state index in [0.717, 1.165) is 18.4 Å². The van der Waals surface area contributed by atoms with E-state index in [2.05, 4.69) is 21.1 Å². The molecule has 25 heavy (non-hydrogen) atoms. The van der Waals surface area contributed by atoms with Gasteiger partial charge in [0.05, 0.1) is 17.6 Å². The third kappa shape index (κ3) is 5.45. The Kier molecular flexibility index (Phi) is 6.33. The zero-order chi connectivity index (χ0) is 18.3. The lowest BCUT2D eigenvalue weighted by Crippen LogP contribution is -2.26. The molecule has 1 aromatic heterocycles. The van der Waals surface area contributed by atoms with Crippen LogP contribution in [0.5, 0.6) is 0 Å². The number of terminal acetylenes is 1. The van der Waals surface area contributed by atoms with Crippen molar-refractivity contribution in [3.05, 3.63) is 47.8 Å². The summed E-state index contributed by atoms with van der Waals surface area (Å²) in [5, 5.41) is 6.90. The number of carbonyl (C=O) groups excluding carboxylic acids is 1. The maximum atomic E-state index is 12.1. The fraction of sp³-hybridized carbons (Fsp3) is 0.294. The molecule has 7 nitrogen and oxygen atoms in total. The summed E-state index contributed by atoms with van der Waals surface area (Å²) < 4.78 is 27.8. The highest BCUT2D eigenvalue weighted by atomic mass is 32.2. The molecule has 0 aliphatic heterocycles. The lowest BCUT2D eigenvalue weighted by Gasteiger charge is -2.07. The number of nitrogens with zero attached hydrogens (tertiary/aromatic N) is 2. The highest BCUT2D eigenvalue weighted by molar-refractivity contribution is 7.89. The van der Waals surface area contributed by atoms with Crippen LogP contribution in [-0.2, 0) is 23.5 Å². The molecule has 0 bridgehead atoms. The standard InChI is InChI=1S/C17H20N4O3S/c1-3-10-20-25(23,24)16-8-6-15(7-9-16)17(22)18-11-4-5-14-12-19-21(2)13-14/h1,6-9,12-13,20H,4-5,10-11H2,2H3,(H,18,22). The molecule has 0 radical (unpaired) electrons.